The van der Waals surface area contributed by atoms with Crippen molar-refractivity contribution >= 4 is 17.7 Å². The molecule has 1 fully saturated rings. The fourth-order valence-electron chi connectivity index (χ4n) is 3.15. The molecule has 1 saturated carbocycles. The molecule has 2 amide bonds. The first-order valence-corrected chi connectivity index (χ1v) is 8.01. The van der Waals surface area contributed by atoms with Crippen LogP contribution in [0.5, 0.6) is 0 Å². The maximum absolute atomic E-state index is 12.7. The Bertz CT molecular complexity index is 527. The molecule has 0 saturated heterocycles. The van der Waals surface area contributed by atoms with Gasteiger partial charge in [0.1, 0.15) is 0 Å². The van der Waals surface area contributed by atoms with Gasteiger partial charge in [0.05, 0.1) is 5.69 Å². The van der Waals surface area contributed by atoms with Crippen molar-refractivity contribution < 1.29 is 4.79 Å². The van der Waals surface area contributed by atoms with Crippen LogP contribution in [0.2, 0.25) is 0 Å². The molecule has 0 spiro atoms. The van der Waals surface area contributed by atoms with E-state index in [1.54, 1.807) is 0 Å². The monoisotopic (exact) mass is 302 g/mol. The van der Waals surface area contributed by atoms with Crippen LogP contribution < -0.4 is 16.0 Å². The summed E-state index contributed by atoms with van der Waals surface area (Å²) in [6.45, 7) is 3.86. The lowest BCUT2D eigenvalue weighted by Gasteiger charge is -2.27. The number of amides is 2. The maximum Gasteiger partial charge on any atom is 0.329 e. The van der Waals surface area contributed by atoms with Gasteiger partial charge in [0.25, 0.3) is 0 Å². The van der Waals surface area contributed by atoms with E-state index in [4.69, 9.17) is 11.1 Å². The van der Waals surface area contributed by atoms with Crippen molar-refractivity contribution in [2.24, 2.45) is 5.73 Å². The molecular weight excluding hydrogens is 276 g/mol. The third kappa shape index (κ3) is 3.78. The number of hydrogen-bond donors (Lipinski definition) is 3. The van der Waals surface area contributed by atoms with Crippen LogP contribution in [0, 0.1) is 19.3 Å². The molecule has 0 unspecified atom stereocenters. The van der Waals surface area contributed by atoms with E-state index in [2.05, 4.69) is 5.32 Å². The third-order valence-corrected chi connectivity index (χ3v) is 4.29. The fraction of sp³-hybridized carbons (Fsp3) is 0.529. The van der Waals surface area contributed by atoms with Crippen LogP contribution in [0.3, 0.4) is 0 Å². The lowest BCUT2D eigenvalue weighted by atomic mass is 10.1. The average molecular weight is 302 g/mol. The van der Waals surface area contributed by atoms with Crippen LogP contribution in [0.15, 0.2) is 18.2 Å². The molecule has 4 N–H and O–H groups in total. The Hall–Kier alpha value is -2.04. The van der Waals surface area contributed by atoms with E-state index >= 15 is 0 Å². The quantitative estimate of drug-likeness (QED) is 0.444. The van der Waals surface area contributed by atoms with Crippen LogP contribution in [-0.2, 0) is 0 Å². The number of urea groups is 1. The fourth-order valence-corrected chi connectivity index (χ4v) is 3.15. The number of hydrogen-bond acceptors (Lipinski definition) is 2. The van der Waals surface area contributed by atoms with E-state index in [0.717, 1.165) is 36.8 Å². The van der Waals surface area contributed by atoms with Crippen molar-refractivity contribution in [2.45, 2.75) is 58.4 Å². The van der Waals surface area contributed by atoms with Gasteiger partial charge in [-0.3, -0.25) is 5.41 Å². The molecule has 5 heteroatoms. The molecule has 1 aliphatic carbocycles. The van der Waals surface area contributed by atoms with Gasteiger partial charge < -0.3 is 11.1 Å². The second-order valence-electron chi connectivity index (χ2n) is 6.10. The van der Waals surface area contributed by atoms with Crippen molar-refractivity contribution in [3.63, 3.8) is 0 Å². The minimum atomic E-state index is -0.295. The van der Waals surface area contributed by atoms with Gasteiger partial charge in [-0.15, -0.1) is 0 Å². The average Bonchev–Trinajstić information content (AvgIpc) is 2.71. The molecule has 1 aliphatic rings. The van der Waals surface area contributed by atoms with E-state index in [9.17, 15) is 4.79 Å². The highest BCUT2D eigenvalue weighted by molar-refractivity contribution is 6.14. The summed E-state index contributed by atoms with van der Waals surface area (Å²) in [6.07, 6.45) is 6.77. The second kappa shape index (κ2) is 7.29. The Labute approximate surface area is 132 Å². The summed E-state index contributed by atoms with van der Waals surface area (Å²) in [5.41, 5.74) is 8.27. The topological polar surface area (TPSA) is 82.2 Å². The van der Waals surface area contributed by atoms with Gasteiger partial charge in [-0.1, -0.05) is 43.9 Å². The number of guanidine groups is 1. The highest BCUT2D eigenvalue weighted by atomic mass is 16.2. The third-order valence-electron chi connectivity index (χ3n) is 4.29. The van der Waals surface area contributed by atoms with Crippen LogP contribution in [0.4, 0.5) is 10.5 Å². The predicted molar refractivity (Wildman–Crippen MR) is 90.3 cm³/mol. The Morgan fingerprint density at radius 2 is 1.73 bits per heavy atom. The minimum absolute atomic E-state index is 0.182. The number of benzene rings is 1. The number of nitrogens with two attached hydrogens (primary N) is 1. The van der Waals surface area contributed by atoms with Crippen molar-refractivity contribution in [1.29, 1.82) is 5.41 Å². The van der Waals surface area contributed by atoms with E-state index in [1.807, 2.05) is 32.0 Å². The van der Waals surface area contributed by atoms with Gasteiger partial charge in [-0.25, -0.2) is 9.69 Å². The largest absolute Gasteiger partial charge is 0.369 e. The van der Waals surface area contributed by atoms with Gasteiger partial charge in [0.2, 0.25) is 5.96 Å². The molecule has 0 heterocycles. The number of nitrogens with one attached hydrogen (secondary N) is 2. The molecule has 1 aromatic rings. The summed E-state index contributed by atoms with van der Waals surface area (Å²) < 4.78 is 0. The number of rotatable bonds is 2. The standard InChI is InChI=1S/C17H26N4O/c1-12-8-7-9-13(2)15(12)21(16(18)19)17(22)20-14-10-5-3-4-6-11-14/h7-9,14H,3-6,10-11H2,1-2H3,(H3,18,19)(H,20,22). The molecule has 5 nitrogen and oxygen atoms in total. The lowest BCUT2D eigenvalue weighted by Crippen LogP contribution is -2.50. The smallest absolute Gasteiger partial charge is 0.329 e. The summed E-state index contributed by atoms with van der Waals surface area (Å²) in [4.78, 5) is 14.0. The Kier molecular flexibility index (Phi) is 5.41. The van der Waals surface area contributed by atoms with E-state index in [1.165, 1.54) is 17.7 Å². The zero-order valence-corrected chi connectivity index (χ0v) is 13.5. The number of para-hydroxylation sites is 1. The van der Waals surface area contributed by atoms with Crippen LogP contribution in [0.1, 0.15) is 49.7 Å². The molecule has 22 heavy (non-hydrogen) atoms. The summed E-state index contributed by atoms with van der Waals surface area (Å²) in [7, 11) is 0. The van der Waals surface area contributed by atoms with Crippen molar-refractivity contribution in [1.82, 2.24) is 5.32 Å². The molecule has 0 radical (unpaired) electrons. The molecule has 2 rings (SSSR count). The number of aryl methyl sites for hydroxylation is 2. The molecule has 120 valence electrons. The first-order valence-electron chi connectivity index (χ1n) is 8.01. The number of carbonyl (C=O) groups is 1. The van der Waals surface area contributed by atoms with Gasteiger partial charge in [0, 0.05) is 6.04 Å². The second-order valence-corrected chi connectivity index (χ2v) is 6.10. The van der Waals surface area contributed by atoms with Crippen LogP contribution in [-0.4, -0.2) is 18.0 Å². The highest BCUT2D eigenvalue weighted by Crippen LogP contribution is 2.25. The van der Waals surface area contributed by atoms with Crippen LogP contribution >= 0.6 is 0 Å². The summed E-state index contributed by atoms with van der Waals surface area (Å²) in [6, 6.07) is 5.68. The van der Waals surface area contributed by atoms with Gasteiger partial charge in [-0.2, -0.15) is 0 Å². The zero-order chi connectivity index (χ0) is 16.1. The number of nitrogens with zero attached hydrogens (tertiary/aromatic N) is 1. The lowest BCUT2D eigenvalue weighted by molar-refractivity contribution is 0.244. The van der Waals surface area contributed by atoms with Crippen molar-refractivity contribution in [2.75, 3.05) is 4.90 Å². The number of anilines is 1. The zero-order valence-electron chi connectivity index (χ0n) is 13.5. The maximum atomic E-state index is 12.7. The molecule has 1 aromatic carbocycles. The van der Waals surface area contributed by atoms with E-state index in [-0.39, 0.29) is 18.0 Å². The Morgan fingerprint density at radius 1 is 1.18 bits per heavy atom. The van der Waals surface area contributed by atoms with Crippen molar-refractivity contribution in [3.8, 4) is 0 Å². The number of carbonyl (C=O) groups excluding carboxylic acids is 1. The normalized spacial score (nSPS) is 15.9. The first kappa shape index (κ1) is 16.3. The molecule has 0 aromatic heterocycles. The predicted octanol–water partition coefficient (Wildman–Crippen LogP) is 3.44. The Morgan fingerprint density at radius 3 is 2.23 bits per heavy atom. The van der Waals surface area contributed by atoms with Gasteiger partial charge >= 0.3 is 6.03 Å². The van der Waals surface area contributed by atoms with E-state index in [0.29, 0.717) is 5.69 Å². The van der Waals surface area contributed by atoms with Gasteiger partial charge in [0.15, 0.2) is 0 Å². The first-order chi connectivity index (χ1) is 10.5. The minimum Gasteiger partial charge on any atom is -0.369 e. The summed E-state index contributed by atoms with van der Waals surface area (Å²) >= 11 is 0. The van der Waals surface area contributed by atoms with Crippen LogP contribution in [0.25, 0.3) is 0 Å². The highest BCUT2D eigenvalue weighted by Gasteiger charge is 2.24. The van der Waals surface area contributed by atoms with Gasteiger partial charge in [-0.05, 0) is 37.8 Å². The molecule has 0 aliphatic heterocycles. The SMILES string of the molecule is Cc1cccc(C)c1N(C(=N)N)C(=O)NC1CCCCCC1. The van der Waals surface area contributed by atoms with E-state index < -0.39 is 0 Å². The summed E-state index contributed by atoms with van der Waals surface area (Å²) in [5.74, 6) is -0.247. The summed E-state index contributed by atoms with van der Waals surface area (Å²) in [5, 5.41) is 10.9. The Balaban J connectivity index is 2.20. The molecule has 0 atom stereocenters. The molecule has 0 bridgehead atoms. The molecular formula is C17H26N4O. The van der Waals surface area contributed by atoms with Crippen molar-refractivity contribution in [3.05, 3.63) is 29.3 Å².